The fourth-order valence-electron chi connectivity index (χ4n) is 2.73. The van der Waals surface area contributed by atoms with E-state index in [9.17, 15) is 9.59 Å². The van der Waals surface area contributed by atoms with Crippen molar-refractivity contribution in [3.8, 4) is 0 Å². The molecule has 112 valence electrons. The molecular weight excluding hydrogens is 286 g/mol. The first kappa shape index (κ1) is 13.4. The summed E-state index contributed by atoms with van der Waals surface area (Å²) in [6.07, 6.45) is 5.50. The molecule has 0 bridgehead atoms. The molecule has 2 heterocycles. The number of hydrogen-bond acceptors (Lipinski definition) is 4. The highest BCUT2D eigenvalue weighted by Crippen LogP contribution is 2.35. The summed E-state index contributed by atoms with van der Waals surface area (Å²) in [7, 11) is 1.72. The summed E-state index contributed by atoms with van der Waals surface area (Å²) in [6.45, 7) is 0.573. The number of hydrogen-bond donors (Lipinski definition) is 0. The van der Waals surface area contributed by atoms with Gasteiger partial charge in [0.05, 0.1) is 10.6 Å². The molecule has 1 aromatic rings. The molecule has 2 saturated carbocycles. The van der Waals surface area contributed by atoms with E-state index >= 15 is 0 Å². The van der Waals surface area contributed by atoms with Crippen LogP contribution >= 0.6 is 11.8 Å². The molecule has 0 aromatic carbocycles. The van der Waals surface area contributed by atoms with Crippen LogP contribution in [0.3, 0.4) is 0 Å². The topological polar surface area (TPSA) is 56.4 Å². The minimum atomic E-state index is -0.220. The standard InChI is InChI=1S/C15H19N3O2S/c1-17-13-11(6-12(16-13)21-8-10-4-5-10)14(19)18(15(17)20)7-9-2-3-9/h9-10H,2-8H2,1H3. The summed E-state index contributed by atoms with van der Waals surface area (Å²) in [6, 6.07) is 0. The van der Waals surface area contributed by atoms with Gasteiger partial charge in [-0.1, -0.05) is 0 Å². The molecule has 3 aliphatic rings. The van der Waals surface area contributed by atoms with Gasteiger partial charge in [0.2, 0.25) is 0 Å². The third-order valence-electron chi connectivity index (χ3n) is 4.49. The van der Waals surface area contributed by atoms with Gasteiger partial charge in [-0.2, -0.15) is 0 Å². The summed E-state index contributed by atoms with van der Waals surface area (Å²) in [4.78, 5) is 29.4. The normalized spacial score (nSPS) is 20.5. The second kappa shape index (κ2) is 4.87. The van der Waals surface area contributed by atoms with E-state index in [1.54, 1.807) is 23.4 Å². The molecule has 0 atom stereocenters. The van der Waals surface area contributed by atoms with Gasteiger partial charge in [0.25, 0.3) is 5.56 Å². The van der Waals surface area contributed by atoms with E-state index in [1.807, 2.05) is 0 Å². The fourth-order valence-corrected chi connectivity index (χ4v) is 3.89. The van der Waals surface area contributed by atoms with E-state index in [0.717, 1.165) is 29.6 Å². The number of nitrogens with zero attached hydrogens (tertiary/aromatic N) is 3. The predicted molar refractivity (Wildman–Crippen MR) is 84.6 cm³/mol. The van der Waals surface area contributed by atoms with E-state index in [0.29, 0.717) is 30.3 Å². The molecule has 0 spiro atoms. The molecule has 5 nitrogen and oxygen atoms in total. The van der Waals surface area contributed by atoms with E-state index < -0.39 is 0 Å². The largest absolute Gasteiger partial charge is 0.332 e. The van der Waals surface area contributed by atoms with Crippen molar-refractivity contribution in [3.05, 3.63) is 26.4 Å². The van der Waals surface area contributed by atoms with Gasteiger partial charge in [0.15, 0.2) is 0 Å². The summed E-state index contributed by atoms with van der Waals surface area (Å²) in [5, 5.41) is 0.994. The van der Waals surface area contributed by atoms with Crippen LogP contribution in [0.2, 0.25) is 0 Å². The van der Waals surface area contributed by atoms with Crippen LogP contribution in [0.1, 0.15) is 31.2 Å². The lowest BCUT2D eigenvalue weighted by molar-refractivity contribution is 0.547. The molecule has 2 aliphatic carbocycles. The number of aliphatic imine (C=N–C) groups is 1. The van der Waals surface area contributed by atoms with Gasteiger partial charge in [0.1, 0.15) is 5.82 Å². The minimum absolute atomic E-state index is 0.120. The molecule has 21 heavy (non-hydrogen) atoms. The van der Waals surface area contributed by atoms with Crippen molar-refractivity contribution in [2.45, 2.75) is 38.6 Å². The molecule has 4 rings (SSSR count). The first-order valence-corrected chi connectivity index (χ1v) is 8.65. The summed E-state index contributed by atoms with van der Waals surface area (Å²) < 4.78 is 2.96. The van der Waals surface area contributed by atoms with Gasteiger partial charge in [-0.3, -0.25) is 13.9 Å². The zero-order valence-corrected chi connectivity index (χ0v) is 13.0. The molecule has 1 aliphatic heterocycles. The Balaban J connectivity index is 1.66. The highest BCUT2D eigenvalue weighted by molar-refractivity contribution is 8.14. The molecule has 0 saturated heterocycles. The highest BCUT2D eigenvalue weighted by Gasteiger charge is 2.29. The monoisotopic (exact) mass is 305 g/mol. The van der Waals surface area contributed by atoms with Crippen molar-refractivity contribution in [1.29, 1.82) is 0 Å². The zero-order valence-electron chi connectivity index (χ0n) is 12.2. The second-order valence-corrected chi connectivity index (χ2v) is 7.53. The van der Waals surface area contributed by atoms with E-state index in [1.165, 1.54) is 17.4 Å². The van der Waals surface area contributed by atoms with Crippen molar-refractivity contribution in [2.24, 2.45) is 23.9 Å². The van der Waals surface area contributed by atoms with E-state index in [2.05, 4.69) is 4.99 Å². The quantitative estimate of drug-likeness (QED) is 0.850. The van der Waals surface area contributed by atoms with E-state index in [-0.39, 0.29) is 11.2 Å². The Morgan fingerprint density at radius 2 is 1.90 bits per heavy atom. The number of aromatic nitrogens is 2. The number of fused-ring (bicyclic) bond motifs is 1. The SMILES string of the molecule is Cn1c2c(c(=O)n(CC3CC3)c1=O)CC(SCC1CC1)=N2. The Morgan fingerprint density at radius 1 is 1.19 bits per heavy atom. The smallest absolute Gasteiger partial charge is 0.281 e. The predicted octanol–water partition coefficient (Wildman–Crippen LogP) is 1.69. The maximum absolute atomic E-state index is 12.6. The molecular formula is C15H19N3O2S. The summed E-state index contributed by atoms with van der Waals surface area (Å²) in [5.41, 5.74) is 0.365. The number of thioether (sulfide) groups is 1. The molecule has 6 heteroatoms. The van der Waals surface area contributed by atoms with Crippen LogP contribution < -0.4 is 11.2 Å². The minimum Gasteiger partial charge on any atom is -0.281 e. The Hall–Kier alpha value is -1.30. The van der Waals surface area contributed by atoms with Crippen LogP contribution in [0.4, 0.5) is 5.82 Å². The van der Waals surface area contributed by atoms with E-state index in [4.69, 9.17) is 0 Å². The third-order valence-corrected chi connectivity index (χ3v) is 5.69. The lowest BCUT2D eigenvalue weighted by Crippen LogP contribution is -2.40. The first-order valence-electron chi connectivity index (χ1n) is 7.66. The average Bonchev–Trinajstić information content (AvgIpc) is 3.39. The maximum atomic E-state index is 12.6. The van der Waals surface area contributed by atoms with Gasteiger partial charge in [0, 0.05) is 25.8 Å². The van der Waals surface area contributed by atoms with Crippen molar-refractivity contribution in [3.63, 3.8) is 0 Å². The van der Waals surface area contributed by atoms with Crippen LogP contribution in [-0.2, 0) is 20.0 Å². The van der Waals surface area contributed by atoms with Gasteiger partial charge in [-0.25, -0.2) is 9.79 Å². The van der Waals surface area contributed by atoms with Gasteiger partial charge >= 0.3 is 5.69 Å². The Morgan fingerprint density at radius 3 is 2.57 bits per heavy atom. The molecule has 0 N–H and O–H groups in total. The number of rotatable bonds is 4. The average molecular weight is 305 g/mol. The molecule has 1 aromatic heterocycles. The maximum Gasteiger partial charge on any atom is 0.332 e. The van der Waals surface area contributed by atoms with Gasteiger partial charge < -0.3 is 0 Å². The Kier molecular flexibility index (Phi) is 3.10. The van der Waals surface area contributed by atoms with Crippen LogP contribution in [0.5, 0.6) is 0 Å². The van der Waals surface area contributed by atoms with Gasteiger partial charge in [-0.15, -0.1) is 11.8 Å². The first-order chi connectivity index (χ1) is 10.1. The Labute approximate surface area is 127 Å². The molecule has 0 amide bonds. The van der Waals surface area contributed by atoms with Crippen molar-refractivity contribution >= 4 is 22.6 Å². The highest BCUT2D eigenvalue weighted by atomic mass is 32.2. The fraction of sp³-hybridized carbons (Fsp3) is 0.667. The van der Waals surface area contributed by atoms with Crippen LogP contribution in [0.25, 0.3) is 0 Å². The molecule has 0 radical (unpaired) electrons. The summed E-state index contributed by atoms with van der Waals surface area (Å²) >= 11 is 1.75. The third kappa shape index (κ3) is 2.50. The van der Waals surface area contributed by atoms with Crippen LogP contribution in [0.15, 0.2) is 14.6 Å². The molecule has 0 unspecified atom stereocenters. The lowest BCUT2D eigenvalue weighted by atomic mass is 10.2. The van der Waals surface area contributed by atoms with Crippen molar-refractivity contribution in [2.75, 3.05) is 5.75 Å². The van der Waals surface area contributed by atoms with Crippen LogP contribution in [0, 0.1) is 11.8 Å². The van der Waals surface area contributed by atoms with Gasteiger partial charge in [-0.05, 0) is 37.5 Å². The van der Waals surface area contributed by atoms with Crippen molar-refractivity contribution < 1.29 is 0 Å². The molecule has 2 fully saturated rings. The lowest BCUT2D eigenvalue weighted by Gasteiger charge is -2.09. The summed E-state index contributed by atoms with van der Waals surface area (Å²) in [5.74, 6) is 3.02. The van der Waals surface area contributed by atoms with Crippen molar-refractivity contribution in [1.82, 2.24) is 9.13 Å². The second-order valence-electron chi connectivity index (χ2n) is 6.44. The Bertz CT molecular complexity index is 739. The van der Waals surface area contributed by atoms with Crippen LogP contribution in [-0.4, -0.2) is 19.9 Å². The zero-order chi connectivity index (χ0) is 14.6.